The fourth-order valence-corrected chi connectivity index (χ4v) is 2.02. The maximum Gasteiger partial charge on any atom is 0.0482 e. The van der Waals surface area contributed by atoms with Gasteiger partial charge in [-0.1, -0.05) is 13.0 Å². The molecule has 0 amide bonds. The summed E-state index contributed by atoms with van der Waals surface area (Å²) in [5, 5.41) is 1.41. The van der Waals surface area contributed by atoms with Gasteiger partial charge in [-0.2, -0.15) is 0 Å². The first-order valence-corrected chi connectivity index (χ1v) is 5.19. The molecule has 0 unspecified atom stereocenters. The van der Waals surface area contributed by atoms with Crippen molar-refractivity contribution in [2.45, 2.75) is 27.2 Å². The Hall–Kier alpha value is -1.24. The minimum Gasteiger partial charge on any atom is -0.348 e. The van der Waals surface area contributed by atoms with Crippen LogP contribution in [0.4, 0.5) is 0 Å². The monoisotopic (exact) mass is 187 g/mol. The van der Waals surface area contributed by atoms with Gasteiger partial charge in [-0.15, -0.1) is 0 Å². The summed E-state index contributed by atoms with van der Waals surface area (Å²) in [5.41, 5.74) is 5.55. The quantitative estimate of drug-likeness (QED) is 0.645. The molecule has 0 aliphatic rings. The average molecular weight is 187 g/mol. The van der Waals surface area contributed by atoms with Gasteiger partial charge in [-0.3, -0.25) is 0 Å². The second kappa shape index (κ2) is 3.16. The molecule has 0 saturated heterocycles. The van der Waals surface area contributed by atoms with Gasteiger partial charge in [0.05, 0.1) is 0 Å². The molecule has 2 aromatic rings. The van der Waals surface area contributed by atoms with E-state index in [9.17, 15) is 0 Å². The molecule has 14 heavy (non-hydrogen) atoms. The molecule has 0 radical (unpaired) electrons. The molecule has 1 heteroatoms. The summed E-state index contributed by atoms with van der Waals surface area (Å²) in [7, 11) is 2.14. The SMILES string of the molecule is CCc1ccc2c(c1)c(C)c(C)n2C. The maximum atomic E-state index is 2.32. The van der Waals surface area contributed by atoms with Crippen molar-refractivity contribution < 1.29 is 0 Å². The Morgan fingerprint density at radius 1 is 1.21 bits per heavy atom. The lowest BCUT2D eigenvalue weighted by Gasteiger charge is -1.99. The third-order valence-electron chi connectivity index (χ3n) is 3.28. The summed E-state index contributed by atoms with van der Waals surface area (Å²) in [6.07, 6.45) is 1.11. The first-order chi connectivity index (χ1) is 6.65. The van der Waals surface area contributed by atoms with Crippen molar-refractivity contribution in [3.05, 3.63) is 35.0 Å². The summed E-state index contributed by atoms with van der Waals surface area (Å²) in [5.74, 6) is 0. The fraction of sp³-hybridized carbons (Fsp3) is 0.385. The van der Waals surface area contributed by atoms with Gasteiger partial charge in [0, 0.05) is 23.6 Å². The first-order valence-electron chi connectivity index (χ1n) is 5.19. The highest BCUT2D eigenvalue weighted by Crippen LogP contribution is 2.25. The molecule has 0 aliphatic carbocycles. The zero-order chi connectivity index (χ0) is 10.3. The topological polar surface area (TPSA) is 4.93 Å². The molecule has 0 aliphatic heterocycles. The van der Waals surface area contributed by atoms with Crippen molar-refractivity contribution in [2.75, 3.05) is 0 Å². The minimum absolute atomic E-state index is 1.11. The number of fused-ring (bicyclic) bond motifs is 1. The Morgan fingerprint density at radius 2 is 1.93 bits per heavy atom. The number of aromatic nitrogens is 1. The Bertz CT molecular complexity index is 477. The molecule has 0 bridgehead atoms. The van der Waals surface area contributed by atoms with Crippen molar-refractivity contribution >= 4 is 10.9 Å². The Kier molecular flexibility index (Phi) is 2.10. The van der Waals surface area contributed by atoms with Crippen molar-refractivity contribution in [2.24, 2.45) is 7.05 Å². The summed E-state index contributed by atoms with van der Waals surface area (Å²) in [4.78, 5) is 0. The summed E-state index contributed by atoms with van der Waals surface area (Å²) in [6, 6.07) is 6.77. The number of aryl methyl sites for hydroxylation is 3. The largest absolute Gasteiger partial charge is 0.348 e. The van der Waals surface area contributed by atoms with E-state index in [-0.39, 0.29) is 0 Å². The third-order valence-corrected chi connectivity index (χ3v) is 3.28. The van der Waals surface area contributed by atoms with Crippen LogP contribution in [0.25, 0.3) is 10.9 Å². The third kappa shape index (κ3) is 1.16. The second-order valence-electron chi connectivity index (χ2n) is 3.97. The van der Waals surface area contributed by atoms with E-state index in [0.29, 0.717) is 0 Å². The molecule has 1 aromatic heterocycles. The normalized spacial score (nSPS) is 11.1. The molecule has 1 heterocycles. The van der Waals surface area contributed by atoms with Gasteiger partial charge in [0.1, 0.15) is 0 Å². The van der Waals surface area contributed by atoms with Gasteiger partial charge >= 0.3 is 0 Å². The van der Waals surface area contributed by atoms with Crippen LogP contribution >= 0.6 is 0 Å². The molecule has 0 saturated carbocycles. The molecule has 0 fully saturated rings. The van der Waals surface area contributed by atoms with E-state index >= 15 is 0 Å². The summed E-state index contributed by atoms with van der Waals surface area (Å²) in [6.45, 7) is 6.59. The number of nitrogens with zero attached hydrogens (tertiary/aromatic N) is 1. The Labute approximate surface area is 85.4 Å². The van der Waals surface area contributed by atoms with E-state index in [0.717, 1.165) is 6.42 Å². The molecule has 2 rings (SSSR count). The molecular formula is C13H17N. The van der Waals surface area contributed by atoms with Crippen molar-refractivity contribution in [1.29, 1.82) is 0 Å². The van der Waals surface area contributed by atoms with Gasteiger partial charge in [0.25, 0.3) is 0 Å². The Balaban J connectivity index is 2.82. The molecule has 0 atom stereocenters. The summed E-state index contributed by atoms with van der Waals surface area (Å²) >= 11 is 0. The van der Waals surface area contributed by atoms with Crippen LogP contribution < -0.4 is 0 Å². The van der Waals surface area contributed by atoms with Crippen LogP contribution in [0.1, 0.15) is 23.7 Å². The van der Waals surface area contributed by atoms with Gasteiger partial charge in [0.2, 0.25) is 0 Å². The summed E-state index contributed by atoms with van der Waals surface area (Å²) < 4.78 is 2.27. The van der Waals surface area contributed by atoms with E-state index in [1.54, 1.807) is 0 Å². The smallest absolute Gasteiger partial charge is 0.0482 e. The zero-order valence-electron chi connectivity index (χ0n) is 9.39. The standard InChI is InChI=1S/C13H17N/c1-5-11-6-7-13-12(8-11)9(2)10(3)14(13)4/h6-8H,5H2,1-4H3. The molecule has 0 spiro atoms. The average Bonchev–Trinajstić information content (AvgIpc) is 2.44. The van der Waals surface area contributed by atoms with E-state index in [1.165, 1.54) is 27.7 Å². The number of hydrogen-bond donors (Lipinski definition) is 0. The van der Waals surface area contributed by atoms with Crippen LogP contribution in [0.5, 0.6) is 0 Å². The first kappa shape index (κ1) is 9.32. The highest BCUT2D eigenvalue weighted by molar-refractivity contribution is 5.85. The fourth-order valence-electron chi connectivity index (χ4n) is 2.02. The lowest BCUT2D eigenvalue weighted by atomic mass is 10.1. The van der Waals surface area contributed by atoms with Crippen LogP contribution in [0, 0.1) is 13.8 Å². The van der Waals surface area contributed by atoms with Crippen LogP contribution in [0.2, 0.25) is 0 Å². The Morgan fingerprint density at radius 3 is 2.57 bits per heavy atom. The van der Waals surface area contributed by atoms with E-state index in [2.05, 4.69) is 50.6 Å². The predicted octanol–water partition coefficient (Wildman–Crippen LogP) is 3.36. The van der Waals surface area contributed by atoms with Crippen molar-refractivity contribution in [1.82, 2.24) is 4.57 Å². The molecule has 1 nitrogen and oxygen atoms in total. The van der Waals surface area contributed by atoms with E-state index in [4.69, 9.17) is 0 Å². The van der Waals surface area contributed by atoms with Crippen LogP contribution in [0.3, 0.4) is 0 Å². The van der Waals surface area contributed by atoms with Crippen LogP contribution in [0.15, 0.2) is 18.2 Å². The van der Waals surface area contributed by atoms with Crippen molar-refractivity contribution in [3.63, 3.8) is 0 Å². The van der Waals surface area contributed by atoms with E-state index < -0.39 is 0 Å². The van der Waals surface area contributed by atoms with Gasteiger partial charge in [-0.25, -0.2) is 0 Å². The van der Waals surface area contributed by atoms with Gasteiger partial charge in [0.15, 0.2) is 0 Å². The van der Waals surface area contributed by atoms with E-state index in [1.807, 2.05) is 0 Å². The predicted molar refractivity (Wildman–Crippen MR) is 61.8 cm³/mol. The van der Waals surface area contributed by atoms with Gasteiger partial charge < -0.3 is 4.57 Å². The lowest BCUT2D eigenvalue weighted by molar-refractivity contribution is 0.910. The van der Waals surface area contributed by atoms with Crippen LogP contribution in [-0.4, -0.2) is 4.57 Å². The molecule has 0 N–H and O–H groups in total. The minimum atomic E-state index is 1.11. The van der Waals surface area contributed by atoms with Gasteiger partial charge in [-0.05, 0) is 43.5 Å². The molecular weight excluding hydrogens is 170 g/mol. The van der Waals surface area contributed by atoms with Crippen LogP contribution in [-0.2, 0) is 13.5 Å². The highest BCUT2D eigenvalue weighted by Gasteiger charge is 2.07. The number of hydrogen-bond acceptors (Lipinski definition) is 0. The molecule has 1 aromatic carbocycles. The second-order valence-corrected chi connectivity index (χ2v) is 3.97. The number of benzene rings is 1. The zero-order valence-corrected chi connectivity index (χ0v) is 9.39. The highest BCUT2D eigenvalue weighted by atomic mass is 14.9. The number of rotatable bonds is 1. The van der Waals surface area contributed by atoms with Crippen molar-refractivity contribution in [3.8, 4) is 0 Å². The molecule has 74 valence electrons. The maximum absolute atomic E-state index is 2.32. The lowest BCUT2D eigenvalue weighted by Crippen LogP contribution is -1.90.